The highest BCUT2D eigenvalue weighted by Crippen LogP contribution is 2.34. The number of hydrogen-bond acceptors (Lipinski definition) is 5. The van der Waals surface area contributed by atoms with Crippen LogP contribution in [0, 0.1) is 0 Å². The van der Waals surface area contributed by atoms with Crippen molar-refractivity contribution in [1.29, 1.82) is 0 Å². The summed E-state index contributed by atoms with van der Waals surface area (Å²) in [4.78, 5) is 12.8. The van der Waals surface area contributed by atoms with E-state index in [1.165, 1.54) is 7.11 Å². The Bertz CT molecular complexity index is 957. The lowest BCUT2D eigenvalue weighted by Crippen LogP contribution is -2.47. The Kier molecular flexibility index (Phi) is 6.99. The van der Waals surface area contributed by atoms with Gasteiger partial charge in [0, 0.05) is 31.2 Å². The fourth-order valence-corrected chi connectivity index (χ4v) is 4.59. The number of hydrogen-bond donors (Lipinski definition) is 1. The van der Waals surface area contributed by atoms with E-state index in [0.717, 1.165) is 29.0 Å². The Balaban J connectivity index is 1.75. The van der Waals surface area contributed by atoms with Crippen LogP contribution in [-0.2, 0) is 25.0 Å². The lowest BCUT2D eigenvalue weighted by atomic mass is 9.74. The number of carbonyl (C=O) groups excluding carboxylic acids is 1. The summed E-state index contributed by atoms with van der Waals surface area (Å²) < 4.78 is 36.5. The van der Waals surface area contributed by atoms with Crippen LogP contribution in [0.2, 0.25) is 0 Å². The first-order chi connectivity index (χ1) is 14.3. The number of ether oxygens (including phenoxy) is 2. The van der Waals surface area contributed by atoms with Crippen molar-refractivity contribution in [2.45, 2.75) is 18.3 Å². The molecule has 2 aromatic carbocycles. The Morgan fingerprint density at radius 1 is 1.13 bits per heavy atom. The molecule has 7 nitrogen and oxygen atoms in total. The monoisotopic (exact) mass is 432 g/mol. The molecular weight excluding hydrogens is 404 g/mol. The topological polar surface area (TPSA) is 84.9 Å². The first-order valence-electron chi connectivity index (χ1n) is 9.86. The maximum Gasteiger partial charge on any atom is 0.240 e. The molecule has 8 heteroatoms. The third-order valence-electron chi connectivity index (χ3n) is 5.49. The highest BCUT2D eigenvalue weighted by Gasteiger charge is 2.35. The standard InChI is InChI=1S/C22H28N2O5S/c1-28-20-10-6-9-19(15-20)24(30(2,26)27)16-21(25)23-17-22(11-13-29-14-12-22)18-7-4-3-5-8-18/h3-10,15H,11-14,16-17H2,1-2H3,(H,23,25). The summed E-state index contributed by atoms with van der Waals surface area (Å²) in [6, 6.07) is 16.7. The van der Waals surface area contributed by atoms with Crippen molar-refractivity contribution in [2.24, 2.45) is 0 Å². The molecule has 0 radical (unpaired) electrons. The van der Waals surface area contributed by atoms with Gasteiger partial charge in [0.15, 0.2) is 0 Å². The van der Waals surface area contributed by atoms with Crippen LogP contribution in [0.4, 0.5) is 5.69 Å². The maximum atomic E-state index is 12.8. The van der Waals surface area contributed by atoms with Gasteiger partial charge in [0.05, 0.1) is 19.1 Å². The van der Waals surface area contributed by atoms with Gasteiger partial charge in [-0.1, -0.05) is 36.4 Å². The summed E-state index contributed by atoms with van der Waals surface area (Å²) >= 11 is 0. The van der Waals surface area contributed by atoms with E-state index in [9.17, 15) is 13.2 Å². The molecule has 1 aliphatic rings. The van der Waals surface area contributed by atoms with Crippen molar-refractivity contribution in [3.8, 4) is 5.75 Å². The predicted molar refractivity (Wildman–Crippen MR) is 116 cm³/mol. The highest BCUT2D eigenvalue weighted by atomic mass is 32.2. The summed E-state index contributed by atoms with van der Waals surface area (Å²) in [5.41, 5.74) is 1.32. The van der Waals surface area contributed by atoms with E-state index < -0.39 is 10.0 Å². The summed E-state index contributed by atoms with van der Waals surface area (Å²) in [5, 5.41) is 2.96. The number of amides is 1. The van der Waals surface area contributed by atoms with Gasteiger partial charge >= 0.3 is 0 Å². The number of anilines is 1. The van der Waals surface area contributed by atoms with Crippen molar-refractivity contribution >= 4 is 21.6 Å². The maximum absolute atomic E-state index is 12.8. The fraction of sp³-hybridized carbons (Fsp3) is 0.409. The molecular formula is C22H28N2O5S. The second kappa shape index (κ2) is 9.49. The smallest absolute Gasteiger partial charge is 0.240 e. The van der Waals surface area contributed by atoms with E-state index in [0.29, 0.717) is 31.2 Å². The van der Waals surface area contributed by atoms with Crippen LogP contribution in [0.1, 0.15) is 18.4 Å². The third kappa shape index (κ3) is 5.31. The number of rotatable bonds is 8. The minimum Gasteiger partial charge on any atom is -0.497 e. The van der Waals surface area contributed by atoms with Crippen molar-refractivity contribution in [3.05, 3.63) is 60.2 Å². The molecule has 0 aliphatic carbocycles. The molecule has 2 aromatic rings. The van der Waals surface area contributed by atoms with E-state index in [1.54, 1.807) is 24.3 Å². The molecule has 30 heavy (non-hydrogen) atoms. The number of benzene rings is 2. The second-order valence-electron chi connectivity index (χ2n) is 7.51. The number of sulfonamides is 1. The minimum atomic E-state index is -3.65. The molecule has 0 bridgehead atoms. The fourth-order valence-electron chi connectivity index (χ4n) is 3.74. The van der Waals surface area contributed by atoms with E-state index in [2.05, 4.69) is 17.4 Å². The number of nitrogens with one attached hydrogen (secondary N) is 1. The van der Waals surface area contributed by atoms with Crippen molar-refractivity contribution in [3.63, 3.8) is 0 Å². The Hall–Kier alpha value is -2.58. The van der Waals surface area contributed by atoms with Gasteiger partial charge in [0.25, 0.3) is 0 Å². The summed E-state index contributed by atoms with van der Waals surface area (Å²) in [6.45, 7) is 1.39. The second-order valence-corrected chi connectivity index (χ2v) is 9.41. The predicted octanol–water partition coefficient (Wildman–Crippen LogP) is 2.33. The van der Waals surface area contributed by atoms with Crippen LogP contribution in [0.5, 0.6) is 5.75 Å². The van der Waals surface area contributed by atoms with Gasteiger partial charge in [-0.2, -0.15) is 0 Å². The molecule has 0 aromatic heterocycles. The van der Waals surface area contributed by atoms with Crippen LogP contribution < -0.4 is 14.4 Å². The van der Waals surface area contributed by atoms with Crippen LogP contribution in [0.15, 0.2) is 54.6 Å². The van der Waals surface area contributed by atoms with E-state index in [4.69, 9.17) is 9.47 Å². The summed E-state index contributed by atoms with van der Waals surface area (Å²) in [5.74, 6) is 0.164. The average molecular weight is 433 g/mol. The highest BCUT2D eigenvalue weighted by molar-refractivity contribution is 7.92. The molecule has 0 unspecified atom stereocenters. The van der Waals surface area contributed by atoms with Gasteiger partial charge in [-0.05, 0) is 30.5 Å². The van der Waals surface area contributed by atoms with Gasteiger partial charge in [-0.3, -0.25) is 9.10 Å². The first kappa shape index (κ1) is 22.1. The zero-order valence-corrected chi connectivity index (χ0v) is 18.2. The Morgan fingerprint density at radius 3 is 2.47 bits per heavy atom. The molecule has 0 spiro atoms. The Labute approximate surface area is 178 Å². The van der Waals surface area contributed by atoms with Crippen LogP contribution in [-0.4, -0.2) is 54.0 Å². The summed E-state index contributed by atoms with van der Waals surface area (Å²) in [6.07, 6.45) is 2.68. The lowest BCUT2D eigenvalue weighted by Gasteiger charge is -2.38. The molecule has 0 atom stereocenters. The zero-order valence-electron chi connectivity index (χ0n) is 17.3. The first-order valence-corrected chi connectivity index (χ1v) is 11.7. The molecule has 1 N–H and O–H groups in total. The van der Waals surface area contributed by atoms with Gasteiger partial charge < -0.3 is 14.8 Å². The van der Waals surface area contributed by atoms with Crippen molar-refractivity contribution in [1.82, 2.24) is 5.32 Å². The quantitative estimate of drug-likeness (QED) is 0.692. The van der Waals surface area contributed by atoms with Crippen LogP contribution in [0.3, 0.4) is 0 Å². The van der Waals surface area contributed by atoms with Crippen molar-refractivity contribution in [2.75, 3.05) is 44.0 Å². The van der Waals surface area contributed by atoms with Gasteiger partial charge in [0.1, 0.15) is 12.3 Å². The summed E-state index contributed by atoms with van der Waals surface area (Å²) in [7, 11) is -2.14. The van der Waals surface area contributed by atoms with Crippen LogP contribution in [0.25, 0.3) is 0 Å². The van der Waals surface area contributed by atoms with Gasteiger partial charge in [-0.15, -0.1) is 0 Å². The van der Waals surface area contributed by atoms with Gasteiger partial charge in [0.2, 0.25) is 15.9 Å². The van der Waals surface area contributed by atoms with E-state index in [1.807, 2.05) is 18.2 Å². The third-order valence-corrected chi connectivity index (χ3v) is 6.63. The minimum absolute atomic E-state index is 0.221. The number of carbonyl (C=O) groups is 1. The molecule has 162 valence electrons. The average Bonchev–Trinajstić information content (AvgIpc) is 2.76. The van der Waals surface area contributed by atoms with E-state index >= 15 is 0 Å². The molecule has 1 fully saturated rings. The normalized spacial score (nSPS) is 15.9. The number of nitrogens with zero attached hydrogens (tertiary/aromatic N) is 1. The Morgan fingerprint density at radius 2 is 1.83 bits per heavy atom. The number of methoxy groups -OCH3 is 1. The molecule has 1 amide bonds. The lowest BCUT2D eigenvalue weighted by molar-refractivity contribution is -0.120. The SMILES string of the molecule is COc1cccc(N(CC(=O)NCC2(c3ccccc3)CCOCC2)S(C)(=O)=O)c1. The molecule has 0 saturated carbocycles. The van der Waals surface area contributed by atoms with Gasteiger partial charge in [-0.25, -0.2) is 8.42 Å². The molecule has 3 rings (SSSR count). The molecule has 1 heterocycles. The molecule has 1 aliphatic heterocycles. The van der Waals surface area contributed by atoms with Crippen molar-refractivity contribution < 1.29 is 22.7 Å². The van der Waals surface area contributed by atoms with E-state index in [-0.39, 0.29) is 17.9 Å². The molecule has 1 saturated heterocycles. The zero-order chi connectivity index (χ0) is 21.6. The largest absolute Gasteiger partial charge is 0.497 e. The van der Waals surface area contributed by atoms with Crippen LogP contribution >= 0.6 is 0 Å².